The zero-order chi connectivity index (χ0) is 107. The third kappa shape index (κ3) is 27.3. The Morgan fingerprint density at radius 1 is 0.340 bits per heavy atom. The first kappa shape index (κ1) is 110. The Balaban J connectivity index is 0.000000134. The van der Waals surface area contributed by atoms with E-state index in [1.165, 1.54) is 54.6 Å². The van der Waals surface area contributed by atoms with Crippen molar-refractivity contribution in [2.45, 2.75) is 218 Å². The molecule has 0 aliphatic carbocycles. The maximum atomic E-state index is 13.5. The van der Waals surface area contributed by atoms with E-state index in [-0.39, 0.29) is 122 Å². The van der Waals surface area contributed by atoms with Crippen LogP contribution in [-0.2, 0) is 64.2 Å². The number of carbonyl (C=O) groups is 3. The number of likely N-dealkylation sites (N-methyl/N-ethyl adjacent to an activating group) is 2. The van der Waals surface area contributed by atoms with Crippen LogP contribution in [0.15, 0.2) is 243 Å². The van der Waals surface area contributed by atoms with Gasteiger partial charge in [0.2, 0.25) is 5.91 Å². The molecule has 3 amide bonds. The number of ether oxygens (including phenoxy) is 5. The van der Waals surface area contributed by atoms with Gasteiger partial charge in [0.25, 0.3) is 0 Å². The first-order valence-electron chi connectivity index (χ1n) is 51.0. The lowest BCUT2D eigenvalue weighted by molar-refractivity contribution is -0.147. The molecule has 5 saturated heterocycles. The Bertz CT molecular complexity index is 6210. The first-order chi connectivity index (χ1) is 71.7. The zero-order valence-electron chi connectivity index (χ0n) is 83.3. The number of carbonyl (C=O) groups excluding carboxylic acids is 2. The first-order valence-corrected chi connectivity index (χ1v) is 51.0. The standard InChI is InChI=1S/C26H33F3N4O2.C25H30F3N3O2.C21H23F3N2O.C21H19F3N2O.C21H20F3NO3/c1-33(2)15-14-31-25(34)30-13-12-19-9-10-20-23(17-6-4-3-5-7-17)32-22-11-8-18(26(27,28)29)16-21(22)24(20)35-19;1-31(2)13-12-29-22(32)15-18-9-10-19-23(16-6-4-3-5-7-16)30-21-11-8-17(25(26,27)28)14-20(21)24(19)33-18;2*22-21(23,24)14-6-9-18-17(12-14)20-16(8-7-15(27-20)10-11-25)19(26-18)13-4-2-1-3-5-13;22-21(23,24)13-6-9-17-16(10-13)20-15(8-7-14(28-20)11-18(26)27)19(25-17)12-4-2-1-3-5-12/h3-8,11,16,19-20,23-24,32H,9-10,12-15H2,1-2H3,(H2,30,31,34);3-8,11,14,18-19,23-24,30H,9-10,12-13,15H2,1-2H3,(H,29,32);1-6,9,12,15-16,19-20,26H,7-8,10-11,25H2;1-6,9,12,15-16,19-20,26H,7-8,10H2;1-6,9-10,14-15,19-20,25H,7-8,11H2,(H,26,27)/t19-,20+,23+,24+;18-,19+,23+,24+;2*15-,16+,19+,20+;14-,15+,19+,20+/m11111/s1. The summed E-state index contributed by atoms with van der Waals surface area (Å²) in [6.07, 6.45) is -16.5. The van der Waals surface area contributed by atoms with Crippen LogP contribution >= 0.6 is 0 Å². The molecule has 11 N–H and O–H groups in total. The minimum Gasteiger partial charge on any atom is -0.481 e. The van der Waals surface area contributed by atoms with E-state index in [1.54, 1.807) is 0 Å². The van der Waals surface area contributed by atoms with Gasteiger partial charge >= 0.3 is 42.9 Å². The number of halogens is 15. The lowest BCUT2D eigenvalue weighted by Gasteiger charge is -2.46. The normalized spacial score (nSPS) is 25.7. The molecule has 20 rings (SSSR count). The fraction of sp³-hybridized carbons (Fsp3) is 0.439. The predicted molar refractivity (Wildman–Crippen MR) is 540 cm³/mol. The average Bonchev–Trinajstić information content (AvgIpc) is 0.767. The van der Waals surface area contributed by atoms with Gasteiger partial charge < -0.3 is 86.9 Å². The number of urea groups is 1. The lowest BCUT2D eigenvalue weighted by Crippen LogP contribution is -2.42. The van der Waals surface area contributed by atoms with Crippen LogP contribution in [0.3, 0.4) is 0 Å². The number of amides is 3. The van der Waals surface area contributed by atoms with Crippen molar-refractivity contribution in [2.75, 3.05) is 94.0 Å². The highest BCUT2D eigenvalue weighted by Gasteiger charge is 2.51. The van der Waals surface area contributed by atoms with Gasteiger partial charge in [0.15, 0.2) is 0 Å². The van der Waals surface area contributed by atoms with Crippen LogP contribution in [0.2, 0.25) is 0 Å². The van der Waals surface area contributed by atoms with Crippen molar-refractivity contribution in [1.82, 2.24) is 25.8 Å². The minimum atomic E-state index is -4.45. The number of hydrogen-bond acceptors (Lipinski definition) is 17. The molecular weight excluding hydrogens is 1970 g/mol. The number of carboxylic acid groups (broad SMARTS) is 1. The maximum Gasteiger partial charge on any atom is 0.416 e. The van der Waals surface area contributed by atoms with E-state index in [0.29, 0.717) is 108 Å². The van der Waals surface area contributed by atoms with E-state index in [0.717, 1.165) is 129 Å². The molecule has 36 heteroatoms. The SMILES string of the molecule is CN(C)CCNC(=O)C[C@H]1CC[C@@H]2[C@H](O1)c1cc(C(F)(F)F)ccc1N[C@H]2c1ccccc1.CN(C)CCNC(=O)NCC[C@H]1CC[C@@H]2[C@H](O1)c1cc(C(F)(F)F)ccc1N[C@H]2c1ccccc1.N#CC[C@H]1CC[C@@H]2[C@H](O1)c1cc(C(F)(F)F)ccc1N[C@H]2c1ccccc1.NCC[C@H]1CC[C@@H]2[C@H](O1)c1cc(C(F)(F)F)ccc1N[C@H]2c1ccccc1.O=C(O)C[C@H]1CC[C@@H]2[C@H](O1)c1cc(C(F)(F)F)ccc1N[C@H]2c1ccccc1. The van der Waals surface area contributed by atoms with Gasteiger partial charge in [-0.25, -0.2) is 4.79 Å². The molecule has 0 unspecified atom stereocenters. The highest BCUT2D eigenvalue weighted by Crippen LogP contribution is 2.59. The summed E-state index contributed by atoms with van der Waals surface area (Å²) in [6, 6.07) is 70.1. The number of alkyl halides is 15. The number of nitriles is 1. The smallest absolute Gasteiger partial charge is 0.416 e. The van der Waals surface area contributed by atoms with Crippen LogP contribution in [0.25, 0.3) is 0 Å². The summed E-state index contributed by atoms with van der Waals surface area (Å²) in [5.74, 6) is -1.08. The van der Waals surface area contributed by atoms with Gasteiger partial charge in [-0.05, 0) is 231 Å². The number of carboxylic acids is 1. The number of benzene rings is 10. The molecule has 10 aliphatic heterocycles. The van der Waals surface area contributed by atoms with Gasteiger partial charge in [-0.2, -0.15) is 71.1 Å². The molecular formula is C114H125F15N12O9. The Morgan fingerprint density at radius 3 is 0.853 bits per heavy atom. The molecule has 0 radical (unpaired) electrons. The van der Waals surface area contributed by atoms with E-state index in [4.69, 9.17) is 39.8 Å². The van der Waals surface area contributed by atoms with Crippen molar-refractivity contribution in [1.29, 1.82) is 5.26 Å². The van der Waals surface area contributed by atoms with Crippen LogP contribution in [0.1, 0.15) is 240 Å². The second-order valence-corrected chi connectivity index (χ2v) is 40.4. The maximum absolute atomic E-state index is 13.5. The molecule has 10 aromatic carbocycles. The number of rotatable bonds is 21. The Labute approximate surface area is 862 Å². The summed E-state index contributed by atoms with van der Waals surface area (Å²) < 4.78 is 231. The third-order valence-corrected chi connectivity index (χ3v) is 29.8. The van der Waals surface area contributed by atoms with Crippen molar-refractivity contribution in [3.63, 3.8) is 0 Å². The largest absolute Gasteiger partial charge is 0.481 e. The Kier molecular flexibility index (Phi) is 35.6. The van der Waals surface area contributed by atoms with Gasteiger partial charge in [0.05, 0.1) is 144 Å². The summed E-state index contributed by atoms with van der Waals surface area (Å²) in [5.41, 5.74) is 13.6. The van der Waals surface area contributed by atoms with E-state index < -0.39 is 95.2 Å². The van der Waals surface area contributed by atoms with Crippen molar-refractivity contribution in [3.8, 4) is 6.07 Å². The molecule has 10 heterocycles. The molecule has 5 fully saturated rings. The molecule has 10 aliphatic rings. The van der Waals surface area contributed by atoms with Crippen molar-refractivity contribution in [2.24, 2.45) is 35.3 Å². The van der Waals surface area contributed by atoms with Gasteiger partial charge in [-0.3, -0.25) is 9.59 Å². The quantitative estimate of drug-likeness (QED) is 0.0300. The van der Waals surface area contributed by atoms with Crippen LogP contribution in [-0.4, -0.2) is 131 Å². The Morgan fingerprint density at radius 2 is 0.587 bits per heavy atom. The van der Waals surface area contributed by atoms with Crippen LogP contribution in [0.5, 0.6) is 0 Å². The Hall–Kier alpha value is -12.5. The van der Waals surface area contributed by atoms with E-state index in [2.05, 4.69) is 60.7 Å². The van der Waals surface area contributed by atoms with E-state index in [1.807, 2.05) is 178 Å². The number of nitrogens with two attached hydrogens (primary N) is 1. The third-order valence-electron chi connectivity index (χ3n) is 29.8. The topological polar surface area (TPSA) is 270 Å². The second-order valence-electron chi connectivity index (χ2n) is 40.4. The predicted octanol–water partition coefficient (Wildman–Crippen LogP) is 25.6. The number of nitrogens with zero attached hydrogens (tertiary/aromatic N) is 3. The number of anilines is 5. The summed E-state index contributed by atoms with van der Waals surface area (Å²) in [6.45, 7) is 3.53. The van der Waals surface area contributed by atoms with Gasteiger partial charge in [0, 0.05) is 119 Å². The van der Waals surface area contributed by atoms with Gasteiger partial charge in [0.1, 0.15) is 0 Å². The fourth-order valence-electron chi connectivity index (χ4n) is 22.5. The summed E-state index contributed by atoms with van der Waals surface area (Å²) in [4.78, 5) is 39.5. The molecule has 10 aromatic rings. The van der Waals surface area contributed by atoms with Crippen molar-refractivity contribution >= 4 is 46.3 Å². The molecule has 0 aromatic heterocycles. The highest BCUT2D eigenvalue weighted by atomic mass is 19.4. The van der Waals surface area contributed by atoms with Crippen LogP contribution < -0.4 is 48.3 Å². The summed E-state index contributed by atoms with van der Waals surface area (Å²) in [7, 11) is 7.74. The number of hydrogen-bond donors (Lipinski definition) is 10. The zero-order valence-corrected chi connectivity index (χ0v) is 83.3. The molecule has 800 valence electrons. The molecule has 20 atom stereocenters. The molecule has 0 bridgehead atoms. The van der Waals surface area contributed by atoms with Gasteiger partial charge in [-0.15, -0.1) is 0 Å². The average molecular weight is 2090 g/mol. The van der Waals surface area contributed by atoms with Gasteiger partial charge in [-0.1, -0.05) is 152 Å². The monoisotopic (exact) mass is 2090 g/mol. The van der Waals surface area contributed by atoms with E-state index in [9.17, 15) is 80.2 Å². The lowest BCUT2D eigenvalue weighted by atomic mass is 9.76. The number of nitrogens with one attached hydrogen (secondary N) is 8. The van der Waals surface area contributed by atoms with E-state index >= 15 is 0 Å². The summed E-state index contributed by atoms with van der Waals surface area (Å²) in [5, 5.41) is 43.9. The molecule has 0 spiro atoms. The molecule has 150 heavy (non-hydrogen) atoms. The van der Waals surface area contributed by atoms with Crippen molar-refractivity contribution < 1.29 is 109 Å². The van der Waals surface area contributed by atoms with Crippen LogP contribution in [0.4, 0.5) is 99.1 Å². The fourth-order valence-corrected chi connectivity index (χ4v) is 22.5. The second kappa shape index (κ2) is 48.4. The van der Waals surface area contributed by atoms with Crippen LogP contribution in [0, 0.1) is 40.9 Å². The van der Waals surface area contributed by atoms with Crippen molar-refractivity contribution in [3.05, 3.63) is 326 Å². The minimum absolute atomic E-state index is 0.00633. The number of fused-ring (bicyclic) bond motifs is 15. The summed E-state index contributed by atoms with van der Waals surface area (Å²) >= 11 is 0. The highest BCUT2D eigenvalue weighted by molar-refractivity contribution is 5.76. The molecule has 0 saturated carbocycles. The number of aliphatic carboxylic acids is 1. The molecule has 21 nitrogen and oxygen atoms in total.